The van der Waals surface area contributed by atoms with E-state index in [1.165, 1.54) is 0 Å². The van der Waals surface area contributed by atoms with Gasteiger partial charge in [0.15, 0.2) is 5.43 Å². The second-order valence-electron chi connectivity index (χ2n) is 7.31. The van der Waals surface area contributed by atoms with E-state index in [0.717, 1.165) is 11.1 Å². The van der Waals surface area contributed by atoms with Crippen molar-refractivity contribution in [2.45, 2.75) is 26.8 Å². The Morgan fingerprint density at radius 2 is 2.07 bits per heavy atom. The monoisotopic (exact) mass is 382 g/mol. The number of carbonyl (C=O) groups is 1. The smallest absolute Gasteiger partial charge is 0.290 e. The van der Waals surface area contributed by atoms with Crippen LogP contribution in [0.4, 0.5) is 0 Å². The van der Waals surface area contributed by atoms with Gasteiger partial charge in [0, 0.05) is 24.0 Å². The third-order valence-corrected chi connectivity index (χ3v) is 5.22. The van der Waals surface area contributed by atoms with Crippen LogP contribution in [0.5, 0.6) is 0 Å². The molecule has 0 N–H and O–H groups in total. The van der Waals surface area contributed by atoms with Gasteiger partial charge in [-0.15, -0.1) is 0 Å². The molecule has 138 valence electrons. The van der Waals surface area contributed by atoms with Gasteiger partial charge in [-0.3, -0.25) is 14.6 Å². The summed E-state index contributed by atoms with van der Waals surface area (Å²) in [5, 5.41) is 0.883. The van der Waals surface area contributed by atoms with Crippen molar-refractivity contribution >= 4 is 28.5 Å². The summed E-state index contributed by atoms with van der Waals surface area (Å²) in [7, 11) is 0. The Morgan fingerprint density at radius 1 is 1.30 bits per heavy atom. The first kappa shape index (κ1) is 17.7. The van der Waals surface area contributed by atoms with Crippen LogP contribution >= 0.6 is 11.6 Å². The van der Waals surface area contributed by atoms with Crippen LogP contribution in [0, 0.1) is 12.8 Å². The van der Waals surface area contributed by atoms with E-state index in [2.05, 4.69) is 4.98 Å². The Balaban J connectivity index is 2.02. The van der Waals surface area contributed by atoms with Crippen molar-refractivity contribution in [3.63, 3.8) is 0 Å². The van der Waals surface area contributed by atoms with Gasteiger partial charge in [0.25, 0.3) is 5.91 Å². The largest absolute Gasteiger partial charge is 0.450 e. The summed E-state index contributed by atoms with van der Waals surface area (Å²) in [6.07, 6.45) is 3.35. The highest BCUT2D eigenvalue weighted by molar-refractivity contribution is 6.32. The number of halogens is 1. The second kappa shape index (κ2) is 6.50. The Hall–Kier alpha value is -2.66. The maximum Gasteiger partial charge on any atom is 0.290 e. The van der Waals surface area contributed by atoms with E-state index in [1.807, 2.05) is 26.8 Å². The van der Waals surface area contributed by atoms with Gasteiger partial charge in [-0.25, -0.2) is 0 Å². The zero-order valence-electron chi connectivity index (χ0n) is 15.3. The highest BCUT2D eigenvalue weighted by Crippen LogP contribution is 2.38. The fourth-order valence-corrected chi connectivity index (χ4v) is 3.77. The molecular formula is C21H19ClN2O3. The van der Waals surface area contributed by atoms with Gasteiger partial charge in [-0.1, -0.05) is 31.5 Å². The van der Waals surface area contributed by atoms with E-state index in [0.29, 0.717) is 28.1 Å². The van der Waals surface area contributed by atoms with Crippen molar-refractivity contribution in [3.8, 4) is 0 Å². The van der Waals surface area contributed by atoms with Crippen LogP contribution in [-0.2, 0) is 0 Å². The molecule has 0 saturated carbocycles. The molecule has 1 aliphatic heterocycles. The molecule has 0 radical (unpaired) electrons. The maximum atomic E-state index is 13.3. The minimum absolute atomic E-state index is 0.115. The van der Waals surface area contributed by atoms with Crippen molar-refractivity contribution in [1.82, 2.24) is 9.88 Å². The number of aromatic nitrogens is 1. The lowest BCUT2D eigenvalue weighted by atomic mass is 9.99. The summed E-state index contributed by atoms with van der Waals surface area (Å²) in [5.41, 5.74) is 2.10. The van der Waals surface area contributed by atoms with E-state index in [1.54, 1.807) is 35.5 Å². The molecule has 2 aromatic heterocycles. The Kier molecular flexibility index (Phi) is 4.27. The van der Waals surface area contributed by atoms with Crippen molar-refractivity contribution in [3.05, 3.63) is 74.4 Å². The molecule has 0 saturated heterocycles. The topological polar surface area (TPSA) is 63.4 Å². The van der Waals surface area contributed by atoms with E-state index in [9.17, 15) is 9.59 Å². The number of hydrogen-bond acceptors (Lipinski definition) is 4. The fourth-order valence-electron chi connectivity index (χ4n) is 3.61. The number of carbonyl (C=O) groups excluding carboxylic acids is 1. The minimum atomic E-state index is -0.510. The molecule has 1 aliphatic rings. The fraction of sp³-hybridized carbons (Fsp3) is 0.286. The highest BCUT2D eigenvalue weighted by Gasteiger charge is 2.42. The molecule has 1 unspecified atom stereocenters. The molecule has 5 nitrogen and oxygen atoms in total. The number of benzene rings is 1. The standard InChI is InChI=1S/C21H19ClN2O3/c1-11(2)10-24-18(13-5-4-6-23-9-13)17-19(25)14-8-15(22)12(3)7-16(14)27-20(17)21(24)26/h4-9,11,18H,10H2,1-3H3. The molecule has 27 heavy (non-hydrogen) atoms. The summed E-state index contributed by atoms with van der Waals surface area (Å²) in [6, 6.07) is 6.49. The Bertz CT molecular complexity index is 1110. The van der Waals surface area contributed by atoms with E-state index >= 15 is 0 Å². The zero-order chi connectivity index (χ0) is 19.3. The molecule has 3 heterocycles. The lowest BCUT2D eigenvalue weighted by Crippen LogP contribution is -2.33. The number of hydrogen-bond donors (Lipinski definition) is 0. The molecular weight excluding hydrogens is 364 g/mol. The summed E-state index contributed by atoms with van der Waals surface area (Å²) < 4.78 is 5.93. The van der Waals surface area contributed by atoms with E-state index in [-0.39, 0.29) is 23.0 Å². The molecule has 1 aromatic carbocycles. The van der Waals surface area contributed by atoms with Crippen LogP contribution in [0.1, 0.15) is 47.1 Å². The third kappa shape index (κ3) is 2.82. The summed E-state index contributed by atoms with van der Waals surface area (Å²) >= 11 is 6.22. The highest BCUT2D eigenvalue weighted by atomic mass is 35.5. The van der Waals surface area contributed by atoms with Gasteiger partial charge in [-0.05, 0) is 42.2 Å². The summed E-state index contributed by atoms with van der Waals surface area (Å²) in [4.78, 5) is 32.3. The quantitative estimate of drug-likeness (QED) is 0.675. The number of rotatable bonds is 3. The van der Waals surface area contributed by atoms with Gasteiger partial charge >= 0.3 is 0 Å². The zero-order valence-corrected chi connectivity index (χ0v) is 16.1. The number of nitrogens with zero attached hydrogens (tertiary/aromatic N) is 2. The van der Waals surface area contributed by atoms with Crippen molar-refractivity contribution < 1.29 is 9.21 Å². The molecule has 0 aliphatic carbocycles. The Morgan fingerprint density at radius 3 is 2.74 bits per heavy atom. The van der Waals surface area contributed by atoms with Gasteiger partial charge in [-0.2, -0.15) is 0 Å². The molecule has 3 aromatic rings. The predicted molar refractivity (Wildman–Crippen MR) is 104 cm³/mol. The van der Waals surface area contributed by atoms with Gasteiger partial charge in [0.1, 0.15) is 5.58 Å². The molecule has 1 atom stereocenters. The normalized spacial score (nSPS) is 16.4. The van der Waals surface area contributed by atoms with Crippen LogP contribution in [0.2, 0.25) is 5.02 Å². The van der Waals surface area contributed by atoms with Crippen LogP contribution in [0.3, 0.4) is 0 Å². The lowest BCUT2D eigenvalue weighted by molar-refractivity contribution is 0.0706. The van der Waals surface area contributed by atoms with Crippen LogP contribution in [0.25, 0.3) is 11.0 Å². The van der Waals surface area contributed by atoms with Gasteiger partial charge < -0.3 is 9.32 Å². The second-order valence-corrected chi connectivity index (χ2v) is 7.72. The van der Waals surface area contributed by atoms with Gasteiger partial charge in [0.05, 0.1) is 17.0 Å². The Labute approximate surface area is 161 Å². The SMILES string of the molecule is Cc1cc2oc3c(c(=O)c2cc1Cl)C(c1cccnc1)N(CC(C)C)C3=O. The molecule has 0 bridgehead atoms. The molecule has 4 rings (SSSR count). The summed E-state index contributed by atoms with van der Waals surface area (Å²) in [5.74, 6) is 0.0894. The van der Waals surface area contributed by atoms with Crippen molar-refractivity contribution in [2.24, 2.45) is 5.92 Å². The van der Waals surface area contributed by atoms with Crippen LogP contribution < -0.4 is 5.43 Å². The molecule has 0 fully saturated rings. The molecule has 0 spiro atoms. The number of amides is 1. The first-order valence-corrected chi connectivity index (χ1v) is 9.24. The van der Waals surface area contributed by atoms with E-state index in [4.69, 9.17) is 16.0 Å². The third-order valence-electron chi connectivity index (χ3n) is 4.81. The minimum Gasteiger partial charge on any atom is -0.450 e. The maximum absolute atomic E-state index is 13.3. The van der Waals surface area contributed by atoms with Crippen LogP contribution in [0.15, 0.2) is 45.9 Å². The first-order chi connectivity index (χ1) is 12.9. The number of fused-ring (bicyclic) bond motifs is 2. The average molecular weight is 383 g/mol. The van der Waals surface area contributed by atoms with Crippen molar-refractivity contribution in [2.75, 3.05) is 6.54 Å². The summed E-state index contributed by atoms with van der Waals surface area (Å²) in [6.45, 7) is 6.41. The van der Waals surface area contributed by atoms with Gasteiger partial charge in [0.2, 0.25) is 5.76 Å². The molecule has 6 heteroatoms. The predicted octanol–water partition coefficient (Wildman–Crippen LogP) is 4.35. The average Bonchev–Trinajstić information content (AvgIpc) is 2.90. The lowest BCUT2D eigenvalue weighted by Gasteiger charge is -2.26. The van der Waals surface area contributed by atoms with E-state index < -0.39 is 6.04 Å². The number of pyridine rings is 1. The number of aryl methyl sites for hydroxylation is 1. The van der Waals surface area contributed by atoms with Crippen molar-refractivity contribution in [1.29, 1.82) is 0 Å². The molecule has 1 amide bonds. The van der Waals surface area contributed by atoms with Crippen LogP contribution in [-0.4, -0.2) is 22.3 Å². The first-order valence-electron chi connectivity index (χ1n) is 8.86.